The zero-order valence-electron chi connectivity index (χ0n) is 9.75. The highest BCUT2D eigenvalue weighted by molar-refractivity contribution is 4.90. The molecule has 1 saturated heterocycles. The van der Waals surface area contributed by atoms with Crippen LogP contribution in [0.15, 0.2) is 25.2 Å². The van der Waals surface area contributed by atoms with Crippen molar-refractivity contribution in [3.8, 4) is 0 Å². The minimum Gasteiger partial charge on any atom is -0.498 e. The van der Waals surface area contributed by atoms with Crippen LogP contribution in [-0.2, 0) is 14.2 Å². The van der Waals surface area contributed by atoms with Crippen molar-refractivity contribution in [3.05, 3.63) is 25.2 Å². The third kappa shape index (κ3) is 3.69. The first-order valence-electron chi connectivity index (χ1n) is 5.45. The summed E-state index contributed by atoms with van der Waals surface area (Å²) in [5.41, 5.74) is 0. The highest BCUT2D eigenvalue weighted by Crippen LogP contribution is 2.21. The normalized spacial score (nSPS) is 36.6. The first-order valence-corrected chi connectivity index (χ1v) is 5.45. The lowest BCUT2D eigenvalue weighted by Crippen LogP contribution is -2.58. The molecule has 104 valence electrons. The molecule has 4 N–H and O–H groups in total. The lowest BCUT2D eigenvalue weighted by Gasteiger charge is -2.39. The second kappa shape index (κ2) is 7.34. The zero-order chi connectivity index (χ0) is 13.5. The standard InChI is InChI=1S/C11H18O7/c1-2-16-4-3-5-17-11-10(15)9(14)8(13)7(6-12)18-11/h2-3,5,7-15H,1,4,6H2/b5-3+/t7-,8-,9+,10-,11-/m1/s1. The third-order valence-corrected chi connectivity index (χ3v) is 2.47. The molecule has 0 amide bonds. The molecule has 0 spiro atoms. The fourth-order valence-corrected chi connectivity index (χ4v) is 1.48. The third-order valence-electron chi connectivity index (χ3n) is 2.47. The Bertz CT molecular complexity index is 279. The summed E-state index contributed by atoms with van der Waals surface area (Å²) < 4.78 is 14.9. The van der Waals surface area contributed by atoms with Crippen molar-refractivity contribution >= 4 is 0 Å². The maximum atomic E-state index is 9.60. The average molecular weight is 262 g/mol. The molecule has 0 aromatic carbocycles. The SMILES string of the molecule is C=COC/C=C/O[C@@H]1O[C@H](CO)[C@@H](O)[C@H](O)[C@H]1O. The number of aliphatic hydroxyl groups excluding tert-OH is 4. The number of hydrogen-bond acceptors (Lipinski definition) is 7. The summed E-state index contributed by atoms with van der Waals surface area (Å²) in [6, 6.07) is 0. The molecule has 5 atom stereocenters. The largest absolute Gasteiger partial charge is 0.498 e. The number of rotatable bonds is 6. The molecular weight excluding hydrogens is 244 g/mol. The second-order valence-electron chi connectivity index (χ2n) is 3.71. The van der Waals surface area contributed by atoms with Gasteiger partial charge in [-0.15, -0.1) is 0 Å². The van der Waals surface area contributed by atoms with Gasteiger partial charge < -0.3 is 34.6 Å². The quantitative estimate of drug-likeness (QED) is 0.340. The van der Waals surface area contributed by atoms with Gasteiger partial charge >= 0.3 is 0 Å². The molecule has 1 aliphatic heterocycles. The number of hydrogen-bond donors (Lipinski definition) is 4. The van der Waals surface area contributed by atoms with Crippen LogP contribution in [0.25, 0.3) is 0 Å². The van der Waals surface area contributed by atoms with Crippen LogP contribution in [0.1, 0.15) is 0 Å². The van der Waals surface area contributed by atoms with E-state index in [4.69, 9.17) is 19.3 Å². The monoisotopic (exact) mass is 262 g/mol. The van der Waals surface area contributed by atoms with Gasteiger partial charge in [0.15, 0.2) is 0 Å². The molecule has 7 nitrogen and oxygen atoms in total. The Kier molecular flexibility index (Phi) is 6.10. The van der Waals surface area contributed by atoms with Crippen LogP contribution in [0.3, 0.4) is 0 Å². The molecule has 0 radical (unpaired) electrons. The molecule has 18 heavy (non-hydrogen) atoms. The van der Waals surface area contributed by atoms with Gasteiger partial charge in [0.25, 0.3) is 0 Å². The minimum atomic E-state index is -1.45. The van der Waals surface area contributed by atoms with E-state index in [0.717, 1.165) is 0 Å². The van der Waals surface area contributed by atoms with Crippen molar-refractivity contribution in [3.63, 3.8) is 0 Å². The van der Waals surface area contributed by atoms with Gasteiger partial charge in [-0.1, -0.05) is 6.58 Å². The predicted molar refractivity (Wildman–Crippen MR) is 60.1 cm³/mol. The Labute approximate surface area is 105 Å². The van der Waals surface area contributed by atoms with Gasteiger partial charge in [-0.25, -0.2) is 0 Å². The second-order valence-corrected chi connectivity index (χ2v) is 3.71. The van der Waals surface area contributed by atoms with Crippen molar-refractivity contribution in [2.45, 2.75) is 30.7 Å². The summed E-state index contributed by atoms with van der Waals surface area (Å²) in [5, 5.41) is 37.5. The lowest BCUT2D eigenvalue weighted by atomic mass is 9.99. The van der Waals surface area contributed by atoms with Crippen molar-refractivity contribution < 1.29 is 34.6 Å². The summed E-state index contributed by atoms with van der Waals surface area (Å²) >= 11 is 0. The molecule has 0 aromatic rings. The summed E-state index contributed by atoms with van der Waals surface area (Å²) in [5.74, 6) is 0. The van der Waals surface area contributed by atoms with Gasteiger partial charge in [0.1, 0.15) is 31.0 Å². The van der Waals surface area contributed by atoms with Gasteiger partial charge in [-0.05, 0) is 6.08 Å². The van der Waals surface area contributed by atoms with Crippen LogP contribution in [0.5, 0.6) is 0 Å². The van der Waals surface area contributed by atoms with Crippen LogP contribution >= 0.6 is 0 Å². The molecule has 0 aliphatic carbocycles. The molecule has 7 heteroatoms. The van der Waals surface area contributed by atoms with Crippen LogP contribution in [0.4, 0.5) is 0 Å². The van der Waals surface area contributed by atoms with E-state index in [2.05, 4.69) is 6.58 Å². The maximum absolute atomic E-state index is 9.60. The van der Waals surface area contributed by atoms with Crippen molar-refractivity contribution in [2.24, 2.45) is 0 Å². The van der Waals surface area contributed by atoms with Gasteiger partial charge in [-0.3, -0.25) is 0 Å². The highest BCUT2D eigenvalue weighted by atomic mass is 16.7. The molecular formula is C11H18O7. The average Bonchev–Trinajstić information content (AvgIpc) is 2.38. The van der Waals surface area contributed by atoms with E-state index in [0.29, 0.717) is 0 Å². The molecule has 0 saturated carbocycles. The van der Waals surface area contributed by atoms with E-state index in [1.165, 1.54) is 18.6 Å². The summed E-state index contributed by atoms with van der Waals surface area (Å²) in [7, 11) is 0. The Morgan fingerprint density at radius 1 is 1.17 bits per heavy atom. The zero-order valence-corrected chi connectivity index (χ0v) is 9.75. The smallest absolute Gasteiger partial charge is 0.228 e. The molecule has 1 heterocycles. The van der Waals surface area contributed by atoms with E-state index in [1.807, 2.05) is 0 Å². The first kappa shape index (κ1) is 14.9. The topological polar surface area (TPSA) is 109 Å². The number of ether oxygens (including phenoxy) is 3. The van der Waals surface area contributed by atoms with Crippen LogP contribution < -0.4 is 0 Å². The van der Waals surface area contributed by atoms with Crippen molar-refractivity contribution in [2.75, 3.05) is 13.2 Å². The fraction of sp³-hybridized carbons (Fsp3) is 0.636. The van der Waals surface area contributed by atoms with Crippen molar-refractivity contribution in [1.82, 2.24) is 0 Å². The summed E-state index contributed by atoms with van der Waals surface area (Å²) in [6.45, 7) is 3.09. The van der Waals surface area contributed by atoms with E-state index in [1.54, 1.807) is 0 Å². The van der Waals surface area contributed by atoms with E-state index >= 15 is 0 Å². The van der Waals surface area contributed by atoms with E-state index < -0.39 is 37.3 Å². The molecule has 1 aliphatic rings. The molecule has 0 aromatic heterocycles. The van der Waals surface area contributed by atoms with Crippen molar-refractivity contribution in [1.29, 1.82) is 0 Å². The Hall–Kier alpha value is -1.12. The highest BCUT2D eigenvalue weighted by Gasteiger charge is 2.44. The predicted octanol–water partition coefficient (Wildman–Crippen LogP) is -1.52. The van der Waals surface area contributed by atoms with E-state index in [9.17, 15) is 15.3 Å². The van der Waals surface area contributed by atoms with Crippen LogP contribution in [-0.4, -0.2) is 64.3 Å². The minimum absolute atomic E-state index is 0.237. The molecule has 1 fully saturated rings. The van der Waals surface area contributed by atoms with Gasteiger partial charge in [0.2, 0.25) is 6.29 Å². The molecule has 0 unspecified atom stereocenters. The van der Waals surface area contributed by atoms with Crippen LogP contribution in [0, 0.1) is 0 Å². The maximum Gasteiger partial charge on any atom is 0.228 e. The Morgan fingerprint density at radius 3 is 2.50 bits per heavy atom. The fourth-order valence-electron chi connectivity index (χ4n) is 1.48. The number of aliphatic hydroxyl groups is 4. The van der Waals surface area contributed by atoms with E-state index in [-0.39, 0.29) is 6.61 Å². The molecule has 0 bridgehead atoms. The van der Waals surface area contributed by atoms with Crippen LogP contribution in [0.2, 0.25) is 0 Å². The summed E-state index contributed by atoms with van der Waals surface area (Å²) in [4.78, 5) is 0. The molecule has 1 rings (SSSR count). The summed E-state index contributed by atoms with van der Waals surface area (Å²) in [6.07, 6.45) is -2.39. The van der Waals surface area contributed by atoms with Gasteiger partial charge in [-0.2, -0.15) is 0 Å². The Morgan fingerprint density at radius 2 is 1.89 bits per heavy atom. The lowest BCUT2D eigenvalue weighted by molar-refractivity contribution is -0.287. The Balaban J connectivity index is 2.48. The van der Waals surface area contributed by atoms with Gasteiger partial charge in [0, 0.05) is 0 Å². The van der Waals surface area contributed by atoms with Gasteiger partial charge in [0.05, 0.1) is 19.1 Å². The first-order chi connectivity index (χ1) is 8.61.